The first kappa shape index (κ1) is 12.2. The topological polar surface area (TPSA) is 24.9 Å². The summed E-state index contributed by atoms with van der Waals surface area (Å²) in [7, 11) is 0. The van der Waals surface area contributed by atoms with E-state index in [1.54, 1.807) is 0 Å². The fourth-order valence-electron chi connectivity index (χ4n) is 1.04. The Kier molecular flexibility index (Phi) is 4.81. The average molecular weight is 232 g/mol. The molecule has 1 rings (SSSR count). The summed E-state index contributed by atoms with van der Waals surface area (Å²) < 4.78 is 26.4. The van der Waals surface area contributed by atoms with Gasteiger partial charge in [-0.2, -0.15) is 0 Å². The summed E-state index contributed by atoms with van der Waals surface area (Å²) in [6.07, 6.45) is 0.930. The molecular weight excluding hydrogens is 218 g/mol. The number of halogens is 2. The van der Waals surface area contributed by atoms with Crippen molar-refractivity contribution < 1.29 is 8.78 Å². The summed E-state index contributed by atoms with van der Waals surface area (Å²) in [5.74, 6) is -0.332. The quantitative estimate of drug-likeness (QED) is 0.788. The van der Waals surface area contributed by atoms with Crippen LogP contribution in [-0.2, 0) is 0 Å². The third-order valence-corrected chi connectivity index (χ3v) is 2.86. The predicted octanol–water partition coefficient (Wildman–Crippen LogP) is 3.29. The molecule has 1 N–H and O–H groups in total. The highest BCUT2D eigenvalue weighted by Gasteiger charge is 2.11. The third kappa shape index (κ3) is 3.34. The zero-order valence-electron chi connectivity index (χ0n) is 8.81. The summed E-state index contributed by atoms with van der Waals surface area (Å²) in [5, 5.41) is 3.01. The Bertz CT molecular complexity index is 331. The van der Waals surface area contributed by atoms with Crippen molar-refractivity contribution in [3.05, 3.63) is 17.7 Å². The molecule has 0 amide bonds. The predicted molar refractivity (Wildman–Crippen MR) is 59.3 cm³/mol. The lowest BCUT2D eigenvalue weighted by atomic mass is 10.4. The van der Waals surface area contributed by atoms with E-state index in [0.717, 1.165) is 18.2 Å². The maximum atomic E-state index is 13.2. The first-order valence-corrected chi connectivity index (χ1v) is 5.90. The van der Waals surface area contributed by atoms with E-state index in [2.05, 4.69) is 10.3 Å². The fraction of sp³-hybridized carbons (Fsp3) is 0.500. The monoisotopic (exact) mass is 232 g/mol. The average Bonchev–Trinajstić information content (AvgIpc) is 2.20. The highest BCUT2D eigenvalue weighted by molar-refractivity contribution is 7.99. The Hall–Kier alpha value is -0.840. The molecule has 0 aromatic carbocycles. The van der Waals surface area contributed by atoms with Crippen LogP contribution in [0.5, 0.6) is 0 Å². The highest BCUT2D eigenvalue weighted by atomic mass is 32.2. The Morgan fingerprint density at radius 1 is 1.33 bits per heavy atom. The van der Waals surface area contributed by atoms with Gasteiger partial charge in [0.1, 0.15) is 5.03 Å². The molecule has 1 aromatic rings. The SMILES string of the molecule is CCCSc1nc(NCC)c(F)cc1F. The van der Waals surface area contributed by atoms with Crippen LogP contribution >= 0.6 is 11.8 Å². The van der Waals surface area contributed by atoms with Gasteiger partial charge in [-0.05, 0) is 19.1 Å². The zero-order valence-corrected chi connectivity index (χ0v) is 9.63. The lowest BCUT2D eigenvalue weighted by Gasteiger charge is -2.07. The lowest BCUT2D eigenvalue weighted by molar-refractivity contribution is 0.551. The summed E-state index contributed by atoms with van der Waals surface area (Å²) >= 11 is 1.30. The van der Waals surface area contributed by atoms with E-state index >= 15 is 0 Å². The van der Waals surface area contributed by atoms with Gasteiger partial charge in [-0.3, -0.25) is 0 Å². The molecule has 0 spiro atoms. The van der Waals surface area contributed by atoms with Crippen molar-refractivity contribution in [1.29, 1.82) is 0 Å². The van der Waals surface area contributed by atoms with Crippen LogP contribution in [0.3, 0.4) is 0 Å². The van der Waals surface area contributed by atoms with Gasteiger partial charge in [-0.25, -0.2) is 13.8 Å². The van der Waals surface area contributed by atoms with Crippen LogP contribution in [0.2, 0.25) is 0 Å². The molecule has 0 radical (unpaired) electrons. The van der Waals surface area contributed by atoms with E-state index in [1.165, 1.54) is 11.8 Å². The molecule has 0 aliphatic rings. The summed E-state index contributed by atoms with van der Waals surface area (Å²) in [6, 6.07) is 0.878. The van der Waals surface area contributed by atoms with Crippen molar-refractivity contribution >= 4 is 17.6 Å². The molecular formula is C10H14F2N2S. The Labute approximate surface area is 92.5 Å². The highest BCUT2D eigenvalue weighted by Crippen LogP contribution is 2.24. The Morgan fingerprint density at radius 2 is 2.07 bits per heavy atom. The van der Waals surface area contributed by atoms with E-state index < -0.39 is 11.6 Å². The first-order valence-electron chi connectivity index (χ1n) is 4.91. The van der Waals surface area contributed by atoms with Gasteiger partial charge < -0.3 is 5.32 Å². The first-order chi connectivity index (χ1) is 7.19. The second-order valence-electron chi connectivity index (χ2n) is 2.98. The molecule has 0 aliphatic heterocycles. The fourth-order valence-corrected chi connectivity index (χ4v) is 1.79. The van der Waals surface area contributed by atoms with E-state index in [-0.39, 0.29) is 10.8 Å². The minimum absolute atomic E-state index is 0.123. The molecule has 84 valence electrons. The number of hydrogen-bond donors (Lipinski definition) is 1. The normalized spacial score (nSPS) is 10.4. The molecule has 0 saturated heterocycles. The number of pyridine rings is 1. The lowest BCUT2D eigenvalue weighted by Crippen LogP contribution is -2.04. The molecule has 0 bridgehead atoms. The zero-order chi connectivity index (χ0) is 11.3. The van der Waals surface area contributed by atoms with Crippen molar-refractivity contribution in [3.8, 4) is 0 Å². The van der Waals surface area contributed by atoms with E-state index in [9.17, 15) is 8.78 Å². The molecule has 1 aromatic heterocycles. The van der Waals surface area contributed by atoms with E-state index in [0.29, 0.717) is 6.54 Å². The number of thioether (sulfide) groups is 1. The second kappa shape index (κ2) is 5.90. The molecule has 0 fully saturated rings. The van der Waals surface area contributed by atoms with Crippen LogP contribution in [0.1, 0.15) is 20.3 Å². The van der Waals surface area contributed by atoms with Crippen LogP contribution in [-0.4, -0.2) is 17.3 Å². The van der Waals surface area contributed by atoms with Crippen molar-refractivity contribution in [3.63, 3.8) is 0 Å². The molecule has 1 heterocycles. The van der Waals surface area contributed by atoms with Crippen molar-refractivity contribution in [2.75, 3.05) is 17.6 Å². The minimum atomic E-state index is -0.643. The molecule has 2 nitrogen and oxygen atoms in total. The molecule has 0 atom stereocenters. The standard InChI is InChI=1S/C10H14F2N2S/c1-3-5-15-10-8(12)6-7(11)9(14-10)13-4-2/h6H,3-5H2,1-2H3,(H,13,14). The maximum Gasteiger partial charge on any atom is 0.168 e. The maximum absolute atomic E-state index is 13.2. The summed E-state index contributed by atoms with van der Waals surface area (Å²) in [4.78, 5) is 3.90. The van der Waals surface area contributed by atoms with Crippen LogP contribution in [0.25, 0.3) is 0 Å². The molecule has 15 heavy (non-hydrogen) atoms. The largest absolute Gasteiger partial charge is 0.368 e. The molecule has 0 unspecified atom stereocenters. The minimum Gasteiger partial charge on any atom is -0.368 e. The Balaban J connectivity index is 2.90. The van der Waals surface area contributed by atoms with Gasteiger partial charge in [0, 0.05) is 12.6 Å². The summed E-state index contributed by atoms with van der Waals surface area (Å²) in [6.45, 7) is 4.40. The van der Waals surface area contributed by atoms with Gasteiger partial charge in [0.25, 0.3) is 0 Å². The van der Waals surface area contributed by atoms with Crippen LogP contribution in [0, 0.1) is 11.6 Å². The third-order valence-electron chi connectivity index (χ3n) is 1.68. The van der Waals surface area contributed by atoms with Gasteiger partial charge >= 0.3 is 0 Å². The van der Waals surface area contributed by atoms with Gasteiger partial charge in [-0.1, -0.05) is 6.92 Å². The smallest absolute Gasteiger partial charge is 0.168 e. The van der Waals surface area contributed by atoms with E-state index in [4.69, 9.17) is 0 Å². The van der Waals surface area contributed by atoms with Crippen LogP contribution in [0.4, 0.5) is 14.6 Å². The Morgan fingerprint density at radius 3 is 2.67 bits per heavy atom. The molecule has 5 heteroatoms. The number of nitrogens with zero attached hydrogens (tertiary/aromatic N) is 1. The van der Waals surface area contributed by atoms with Crippen molar-refractivity contribution in [2.45, 2.75) is 25.3 Å². The van der Waals surface area contributed by atoms with Crippen molar-refractivity contribution in [2.24, 2.45) is 0 Å². The number of hydrogen-bond acceptors (Lipinski definition) is 3. The van der Waals surface area contributed by atoms with E-state index in [1.807, 2.05) is 13.8 Å². The van der Waals surface area contributed by atoms with Gasteiger partial charge in [0.05, 0.1) is 0 Å². The number of anilines is 1. The second-order valence-corrected chi connectivity index (χ2v) is 4.07. The van der Waals surface area contributed by atoms with Crippen molar-refractivity contribution in [1.82, 2.24) is 4.98 Å². The van der Waals surface area contributed by atoms with Gasteiger partial charge in [-0.15, -0.1) is 11.8 Å². The molecule has 0 aliphatic carbocycles. The number of rotatable bonds is 5. The molecule has 0 saturated carbocycles. The number of nitrogens with one attached hydrogen (secondary N) is 1. The van der Waals surface area contributed by atoms with Gasteiger partial charge in [0.15, 0.2) is 17.5 Å². The van der Waals surface area contributed by atoms with Gasteiger partial charge in [0.2, 0.25) is 0 Å². The van der Waals surface area contributed by atoms with Crippen LogP contribution < -0.4 is 5.32 Å². The number of aromatic nitrogens is 1. The summed E-state index contributed by atoms with van der Waals surface area (Å²) in [5.41, 5.74) is 0. The van der Waals surface area contributed by atoms with Crippen LogP contribution in [0.15, 0.2) is 11.1 Å².